The van der Waals surface area contributed by atoms with E-state index in [4.69, 9.17) is 37.0 Å². The van der Waals surface area contributed by atoms with Crippen LogP contribution in [0, 0.1) is 0 Å². The lowest BCUT2D eigenvalue weighted by Crippen LogP contribution is -2.30. The van der Waals surface area contributed by atoms with Gasteiger partial charge in [0.1, 0.15) is 19.3 Å². The van der Waals surface area contributed by atoms with Crippen molar-refractivity contribution >= 4 is 39.5 Å². The third kappa shape index (κ3) is 78.0. The first kappa shape index (κ1) is 102. The van der Waals surface area contributed by atoms with Crippen LogP contribution in [0.4, 0.5) is 0 Å². The van der Waals surface area contributed by atoms with Gasteiger partial charge in [0.25, 0.3) is 0 Å². The van der Waals surface area contributed by atoms with E-state index in [1.165, 1.54) is 19.3 Å². The second kappa shape index (κ2) is 79.0. The molecule has 0 fully saturated rings. The minimum absolute atomic E-state index is 0.0476. The highest BCUT2D eigenvalue weighted by atomic mass is 31.2. The first-order valence-corrected chi connectivity index (χ1v) is 43.7. The smallest absolute Gasteiger partial charge is 0.462 e. The van der Waals surface area contributed by atoms with Gasteiger partial charge in [-0.05, 0) is 167 Å². The molecule has 0 spiro atoms. The van der Waals surface area contributed by atoms with Crippen molar-refractivity contribution in [2.45, 2.75) is 303 Å². The molecule has 5 unspecified atom stereocenters. The lowest BCUT2D eigenvalue weighted by Gasteiger charge is -2.21. The molecule has 19 heteroatoms. The van der Waals surface area contributed by atoms with Crippen LogP contribution < -0.4 is 0 Å². The Balaban J connectivity index is 5.52. The molecule has 0 amide bonds. The molecule has 0 heterocycles. The summed E-state index contributed by atoms with van der Waals surface area (Å²) in [6.07, 6.45) is 97.2. The zero-order chi connectivity index (χ0) is 78.9. The molecule has 0 radical (unpaired) electrons. The molecule has 17 nitrogen and oxygen atoms in total. The van der Waals surface area contributed by atoms with Crippen LogP contribution in [0.15, 0.2) is 194 Å². The summed E-state index contributed by atoms with van der Waals surface area (Å²) in [6.45, 7) is 4.30. The molecule has 3 N–H and O–H groups in total. The molecule has 0 aromatic heterocycles. The van der Waals surface area contributed by atoms with E-state index >= 15 is 0 Å². The molecule has 108 heavy (non-hydrogen) atoms. The van der Waals surface area contributed by atoms with Crippen molar-refractivity contribution in [3.8, 4) is 0 Å². The van der Waals surface area contributed by atoms with Crippen molar-refractivity contribution in [2.24, 2.45) is 0 Å². The van der Waals surface area contributed by atoms with E-state index in [1.807, 2.05) is 18.2 Å². The predicted octanol–water partition coefficient (Wildman–Crippen LogP) is 24.1. The van der Waals surface area contributed by atoms with Crippen molar-refractivity contribution < 1.29 is 80.2 Å². The van der Waals surface area contributed by atoms with Gasteiger partial charge in [0.2, 0.25) is 0 Å². The Bertz CT molecular complexity index is 2810. The van der Waals surface area contributed by atoms with E-state index in [-0.39, 0.29) is 25.7 Å². The molecular weight excluding hydrogens is 1400 g/mol. The van der Waals surface area contributed by atoms with Gasteiger partial charge in [-0.25, -0.2) is 9.13 Å². The van der Waals surface area contributed by atoms with E-state index in [2.05, 4.69) is 198 Å². The van der Waals surface area contributed by atoms with Gasteiger partial charge >= 0.3 is 39.5 Å². The van der Waals surface area contributed by atoms with Crippen molar-refractivity contribution in [3.63, 3.8) is 0 Å². The van der Waals surface area contributed by atoms with Crippen molar-refractivity contribution in [3.05, 3.63) is 194 Å². The molecule has 0 aromatic carbocycles. The van der Waals surface area contributed by atoms with Gasteiger partial charge in [-0.3, -0.25) is 37.3 Å². The van der Waals surface area contributed by atoms with Crippen LogP contribution in [0.5, 0.6) is 0 Å². The van der Waals surface area contributed by atoms with Crippen molar-refractivity contribution in [2.75, 3.05) is 39.6 Å². The van der Waals surface area contributed by atoms with E-state index in [0.717, 1.165) is 186 Å². The highest BCUT2D eigenvalue weighted by Gasteiger charge is 2.30. The van der Waals surface area contributed by atoms with Gasteiger partial charge in [0, 0.05) is 19.3 Å². The van der Waals surface area contributed by atoms with Gasteiger partial charge < -0.3 is 33.8 Å². The minimum atomic E-state index is -5.02. The highest BCUT2D eigenvalue weighted by molar-refractivity contribution is 7.47. The maximum absolute atomic E-state index is 13.1. The third-order valence-corrected chi connectivity index (χ3v) is 18.0. The van der Waals surface area contributed by atoms with Crippen LogP contribution in [0.25, 0.3) is 0 Å². The largest absolute Gasteiger partial charge is 0.472 e. The number of hydrogen-bond donors (Lipinski definition) is 3. The summed E-state index contributed by atoms with van der Waals surface area (Å²) >= 11 is 0. The number of carbonyl (C=O) groups excluding carboxylic acids is 4. The number of aliphatic hydroxyl groups excluding tert-OH is 1. The van der Waals surface area contributed by atoms with E-state index < -0.39 is 97.5 Å². The molecule has 0 saturated heterocycles. The molecule has 0 aliphatic rings. The summed E-state index contributed by atoms with van der Waals surface area (Å²) in [4.78, 5) is 73.1. The van der Waals surface area contributed by atoms with Gasteiger partial charge in [0.05, 0.1) is 32.8 Å². The Labute approximate surface area is 653 Å². The number of carbonyl (C=O) groups is 4. The maximum atomic E-state index is 13.1. The normalized spacial score (nSPS) is 14.8. The molecule has 0 bridgehead atoms. The summed E-state index contributed by atoms with van der Waals surface area (Å²) < 4.78 is 68.5. The summed E-state index contributed by atoms with van der Waals surface area (Å²) in [5, 5.41) is 10.7. The lowest BCUT2D eigenvalue weighted by atomic mass is 10.1. The maximum Gasteiger partial charge on any atom is 0.472 e. The van der Waals surface area contributed by atoms with Crippen LogP contribution in [0.2, 0.25) is 0 Å². The molecule has 5 atom stereocenters. The summed E-state index contributed by atoms with van der Waals surface area (Å²) in [7, 11) is -10.0. The number of phosphoric ester groups is 2. The fourth-order valence-corrected chi connectivity index (χ4v) is 11.6. The van der Waals surface area contributed by atoms with Crippen molar-refractivity contribution in [1.29, 1.82) is 0 Å². The standard InChI is InChI=1S/C89H142O17P2/c1-5-9-13-17-21-25-29-33-37-39-41-43-47-50-54-58-62-66-70-74-87(92)100-80-85(106-89(94)76-72-68-64-60-56-52-48-44-42-40-38-34-30-26-22-18-14-10-6-2)82-104-108(97,98)102-78-83(90)77-101-107(95,96)103-81-84(105-88(93)75-71-67-63-59-55-51-46-36-32-28-24-20-16-12-8-4)79-99-86(91)73-69-65-61-57-53-49-45-35-31-27-23-19-15-11-7-3/h9,11-13,15-16,21-28,33-38,41-46,50,53-54,57,65,69,83-85,90H,5-8,10,14,17-20,29-32,39-40,47-49,51-52,55-56,58-64,66-68,70-82H2,1-4H3,(H,95,96)(H,97,98)/b13-9-,15-11-,16-12-,25-21-,26-22-,27-23-,28-24-,37-33-,38-34-,43-41-,44-42-,45-35-,46-36-,54-50-,57-53-,69-65-. The predicted molar refractivity (Wildman–Crippen MR) is 445 cm³/mol. The lowest BCUT2D eigenvalue weighted by molar-refractivity contribution is -0.161. The van der Waals surface area contributed by atoms with Crippen LogP contribution in [-0.2, 0) is 65.4 Å². The quantitative estimate of drug-likeness (QED) is 0.0169. The Hall–Kier alpha value is -6.10. The Morgan fingerprint density at radius 3 is 0.833 bits per heavy atom. The third-order valence-electron chi connectivity index (χ3n) is 16.1. The number of aliphatic hydroxyl groups is 1. The van der Waals surface area contributed by atoms with E-state index in [0.29, 0.717) is 25.7 Å². The highest BCUT2D eigenvalue weighted by Crippen LogP contribution is 2.45. The van der Waals surface area contributed by atoms with Crippen LogP contribution in [-0.4, -0.2) is 96.7 Å². The molecule has 0 aliphatic heterocycles. The summed E-state index contributed by atoms with van der Waals surface area (Å²) in [5.74, 6) is -2.41. The fourth-order valence-electron chi connectivity index (χ4n) is 9.99. The number of phosphoric acid groups is 2. The zero-order valence-electron chi connectivity index (χ0n) is 66.7. The number of unbranched alkanes of at least 4 members (excludes halogenated alkanes) is 17. The Morgan fingerprint density at radius 1 is 0.278 bits per heavy atom. The van der Waals surface area contributed by atoms with Crippen LogP contribution in [0.1, 0.15) is 285 Å². The number of allylic oxidation sites excluding steroid dienone is 31. The first-order chi connectivity index (χ1) is 52.7. The number of esters is 4. The average molecular weight is 1550 g/mol. The Morgan fingerprint density at radius 2 is 0.519 bits per heavy atom. The number of ether oxygens (including phenoxy) is 4. The van der Waals surface area contributed by atoms with Crippen LogP contribution >= 0.6 is 15.6 Å². The SMILES string of the molecule is CC/C=C\C/C=C\C/C=C\C/C=C\C/C=C\CCCCCC(=O)OCC(COP(=O)(O)OCC(O)COP(=O)(O)OCC(COC(=O)C/C=C\C/C=C\C/C=C\C/C=C\C/C=C\CC)OC(=O)CCCCCCC/C=C\C/C=C\C/C=C\CC)OC(=O)CCCCCCCC/C=C\C/C=C\C/C=C\CCCCC. The van der Waals surface area contributed by atoms with Gasteiger partial charge in [-0.2, -0.15) is 0 Å². The molecular formula is C89H142O17P2. The number of rotatable bonds is 74. The molecule has 0 aliphatic carbocycles. The van der Waals surface area contributed by atoms with Gasteiger partial charge in [-0.15, -0.1) is 0 Å². The van der Waals surface area contributed by atoms with E-state index in [9.17, 15) is 43.2 Å². The van der Waals surface area contributed by atoms with Crippen molar-refractivity contribution in [1.82, 2.24) is 0 Å². The Kier molecular flexibility index (Phi) is 74.5. The average Bonchev–Trinajstić information content (AvgIpc) is 0.896. The first-order valence-electron chi connectivity index (χ1n) is 40.7. The minimum Gasteiger partial charge on any atom is -0.462 e. The van der Waals surface area contributed by atoms with Gasteiger partial charge in [0.15, 0.2) is 12.2 Å². The van der Waals surface area contributed by atoms with E-state index in [1.54, 1.807) is 6.08 Å². The molecule has 610 valence electrons. The summed E-state index contributed by atoms with van der Waals surface area (Å²) in [5.41, 5.74) is 0. The zero-order valence-corrected chi connectivity index (χ0v) is 68.5. The molecule has 0 saturated carbocycles. The topological polar surface area (TPSA) is 237 Å². The fraction of sp³-hybridized carbons (Fsp3) is 0.596. The number of hydrogen-bond acceptors (Lipinski definition) is 15. The second-order valence-electron chi connectivity index (χ2n) is 26.2. The second-order valence-corrected chi connectivity index (χ2v) is 29.1. The van der Waals surface area contributed by atoms with Crippen LogP contribution in [0.3, 0.4) is 0 Å². The summed E-state index contributed by atoms with van der Waals surface area (Å²) in [6, 6.07) is 0. The monoisotopic (exact) mass is 1540 g/mol. The molecule has 0 aromatic rings. The van der Waals surface area contributed by atoms with Gasteiger partial charge in [-0.1, -0.05) is 286 Å². The molecule has 0 rings (SSSR count).